The molecule has 0 spiro atoms. The fraction of sp³-hybridized carbons (Fsp3) is 0.400. The molecule has 0 bridgehead atoms. The van der Waals surface area contributed by atoms with Gasteiger partial charge in [-0.05, 0) is 43.5 Å². The summed E-state index contributed by atoms with van der Waals surface area (Å²) in [5, 5.41) is 3.65. The molecule has 4 nitrogen and oxygen atoms in total. The lowest BCUT2D eigenvalue weighted by atomic mass is 9.96. The van der Waals surface area contributed by atoms with E-state index in [-0.39, 0.29) is 17.9 Å². The number of carbonyl (C=O) groups excluding carboxylic acids is 2. The van der Waals surface area contributed by atoms with Crippen LogP contribution < -0.4 is 10.2 Å². The summed E-state index contributed by atoms with van der Waals surface area (Å²) in [6.07, 6.45) is 0.875. The highest BCUT2D eigenvalue weighted by atomic mass is 32.1. The fourth-order valence-corrected chi connectivity index (χ4v) is 4.04. The molecule has 2 amide bonds. The Labute approximate surface area is 152 Å². The standard InChI is InChI=1S/C20H24N2O2S/c1-12-10-16(21-19(24)20(3,4)5)25-17(12)18(23)22-13(2)11-14-8-6-7-9-15(14)22/h6-10,13H,11H2,1-5H3,(H,21,24). The number of rotatable bonds is 2. The molecular formula is C20H24N2O2S. The van der Waals surface area contributed by atoms with Crippen molar-refractivity contribution in [3.05, 3.63) is 46.3 Å². The quantitative estimate of drug-likeness (QED) is 0.853. The zero-order valence-electron chi connectivity index (χ0n) is 15.3. The summed E-state index contributed by atoms with van der Waals surface area (Å²) >= 11 is 1.35. The molecule has 0 aliphatic carbocycles. The number of para-hydroxylation sites is 1. The van der Waals surface area contributed by atoms with Gasteiger partial charge in [-0.3, -0.25) is 9.59 Å². The van der Waals surface area contributed by atoms with E-state index in [4.69, 9.17) is 0 Å². The van der Waals surface area contributed by atoms with Crippen molar-refractivity contribution in [2.45, 2.75) is 47.1 Å². The molecule has 1 aromatic heterocycles. The molecule has 1 aliphatic heterocycles. The highest BCUT2D eigenvalue weighted by Crippen LogP contribution is 2.36. The second-order valence-corrected chi connectivity index (χ2v) is 8.74. The van der Waals surface area contributed by atoms with Gasteiger partial charge in [-0.25, -0.2) is 0 Å². The van der Waals surface area contributed by atoms with Gasteiger partial charge in [-0.2, -0.15) is 0 Å². The Balaban J connectivity index is 1.88. The van der Waals surface area contributed by atoms with Crippen LogP contribution in [0.5, 0.6) is 0 Å². The van der Waals surface area contributed by atoms with E-state index in [9.17, 15) is 9.59 Å². The van der Waals surface area contributed by atoms with Crippen LogP contribution in [0.2, 0.25) is 0 Å². The van der Waals surface area contributed by atoms with Crippen LogP contribution in [0.3, 0.4) is 0 Å². The maximum Gasteiger partial charge on any atom is 0.268 e. The third-order valence-electron chi connectivity index (χ3n) is 4.46. The number of benzene rings is 1. The number of thiophene rings is 1. The van der Waals surface area contributed by atoms with Gasteiger partial charge >= 0.3 is 0 Å². The predicted octanol–water partition coefficient (Wildman–Crippen LogP) is 4.63. The Morgan fingerprint density at radius 2 is 1.92 bits per heavy atom. The van der Waals surface area contributed by atoms with Crippen molar-refractivity contribution < 1.29 is 9.59 Å². The molecule has 1 aliphatic rings. The van der Waals surface area contributed by atoms with Gasteiger partial charge in [-0.15, -0.1) is 11.3 Å². The number of amides is 2. The minimum absolute atomic E-state index is 0.0104. The molecule has 1 unspecified atom stereocenters. The van der Waals surface area contributed by atoms with Gasteiger partial charge in [0.1, 0.15) is 0 Å². The van der Waals surface area contributed by atoms with Gasteiger partial charge in [0.25, 0.3) is 5.91 Å². The minimum Gasteiger partial charge on any atom is -0.317 e. The number of fused-ring (bicyclic) bond motifs is 1. The molecule has 0 saturated carbocycles. The molecule has 5 heteroatoms. The molecular weight excluding hydrogens is 332 g/mol. The smallest absolute Gasteiger partial charge is 0.268 e. The SMILES string of the molecule is Cc1cc(NC(=O)C(C)(C)C)sc1C(=O)N1c2ccccc2CC1C. The van der Waals surface area contributed by atoms with Gasteiger partial charge in [0.05, 0.1) is 9.88 Å². The van der Waals surface area contributed by atoms with Crippen LogP contribution >= 0.6 is 11.3 Å². The van der Waals surface area contributed by atoms with Crippen molar-refractivity contribution in [2.75, 3.05) is 10.2 Å². The van der Waals surface area contributed by atoms with Gasteiger partial charge in [0.15, 0.2) is 0 Å². The van der Waals surface area contributed by atoms with Gasteiger partial charge < -0.3 is 10.2 Å². The molecule has 132 valence electrons. The Hall–Kier alpha value is -2.14. The van der Waals surface area contributed by atoms with Crippen LogP contribution in [-0.2, 0) is 11.2 Å². The number of nitrogens with zero attached hydrogens (tertiary/aromatic N) is 1. The Bertz CT molecular complexity index is 832. The average Bonchev–Trinajstić information content (AvgIpc) is 3.04. The van der Waals surface area contributed by atoms with Crippen molar-refractivity contribution in [2.24, 2.45) is 5.41 Å². The lowest BCUT2D eigenvalue weighted by molar-refractivity contribution is -0.123. The second kappa shape index (κ2) is 6.30. The van der Waals surface area contributed by atoms with Crippen molar-refractivity contribution in [1.82, 2.24) is 0 Å². The van der Waals surface area contributed by atoms with E-state index in [1.807, 2.05) is 56.9 Å². The van der Waals surface area contributed by atoms with Gasteiger partial charge in [0.2, 0.25) is 5.91 Å². The van der Waals surface area contributed by atoms with Crippen molar-refractivity contribution in [3.63, 3.8) is 0 Å². The minimum atomic E-state index is -0.468. The third-order valence-corrected chi connectivity index (χ3v) is 5.60. The number of carbonyl (C=O) groups is 2. The first-order valence-electron chi connectivity index (χ1n) is 8.52. The lowest BCUT2D eigenvalue weighted by Crippen LogP contribution is -2.35. The first kappa shape index (κ1) is 17.7. The summed E-state index contributed by atoms with van der Waals surface area (Å²) in [6, 6.07) is 10.1. The monoisotopic (exact) mass is 356 g/mol. The van der Waals surface area contributed by atoms with Crippen LogP contribution in [0.25, 0.3) is 0 Å². The maximum absolute atomic E-state index is 13.2. The van der Waals surface area contributed by atoms with Crippen LogP contribution in [0.1, 0.15) is 48.5 Å². The Morgan fingerprint density at radius 3 is 2.60 bits per heavy atom. The molecule has 1 aromatic carbocycles. The van der Waals surface area contributed by atoms with E-state index in [0.29, 0.717) is 4.88 Å². The summed E-state index contributed by atoms with van der Waals surface area (Å²) < 4.78 is 0. The summed E-state index contributed by atoms with van der Waals surface area (Å²) in [5.41, 5.74) is 2.63. The highest BCUT2D eigenvalue weighted by Gasteiger charge is 2.33. The summed E-state index contributed by atoms with van der Waals surface area (Å²) in [4.78, 5) is 27.9. The molecule has 0 fully saturated rings. The topological polar surface area (TPSA) is 49.4 Å². The van der Waals surface area contributed by atoms with E-state index in [1.165, 1.54) is 16.9 Å². The molecule has 1 N–H and O–H groups in total. The van der Waals surface area contributed by atoms with Crippen molar-refractivity contribution >= 4 is 33.8 Å². The first-order chi connectivity index (χ1) is 11.7. The number of anilines is 2. The molecule has 2 heterocycles. The van der Waals surface area contributed by atoms with Crippen molar-refractivity contribution in [3.8, 4) is 0 Å². The average molecular weight is 356 g/mol. The number of aryl methyl sites for hydroxylation is 1. The summed E-state index contributed by atoms with van der Waals surface area (Å²) in [5.74, 6) is -0.0381. The van der Waals surface area contributed by atoms with Crippen LogP contribution in [-0.4, -0.2) is 17.9 Å². The van der Waals surface area contributed by atoms with E-state index in [1.54, 1.807) is 0 Å². The normalized spacial score (nSPS) is 16.7. The molecule has 2 aromatic rings. The molecule has 25 heavy (non-hydrogen) atoms. The Morgan fingerprint density at radius 1 is 1.24 bits per heavy atom. The zero-order chi connectivity index (χ0) is 18.4. The van der Waals surface area contributed by atoms with E-state index in [0.717, 1.165) is 22.7 Å². The highest BCUT2D eigenvalue weighted by molar-refractivity contribution is 7.18. The third kappa shape index (κ3) is 3.33. The molecule has 1 atom stereocenters. The van der Waals surface area contributed by atoms with Crippen LogP contribution in [0, 0.1) is 12.3 Å². The molecule has 0 radical (unpaired) electrons. The lowest BCUT2D eigenvalue weighted by Gasteiger charge is -2.22. The van der Waals surface area contributed by atoms with E-state index in [2.05, 4.69) is 18.3 Å². The number of hydrogen-bond donors (Lipinski definition) is 1. The van der Waals surface area contributed by atoms with Crippen molar-refractivity contribution in [1.29, 1.82) is 0 Å². The van der Waals surface area contributed by atoms with E-state index >= 15 is 0 Å². The fourth-order valence-electron chi connectivity index (χ4n) is 3.04. The Kier molecular flexibility index (Phi) is 4.45. The maximum atomic E-state index is 13.2. The predicted molar refractivity (Wildman–Crippen MR) is 104 cm³/mol. The first-order valence-corrected chi connectivity index (χ1v) is 9.33. The molecule has 0 saturated heterocycles. The van der Waals surface area contributed by atoms with Crippen LogP contribution in [0.15, 0.2) is 30.3 Å². The second-order valence-electron chi connectivity index (χ2n) is 7.68. The molecule has 3 rings (SSSR count). The largest absolute Gasteiger partial charge is 0.317 e. The van der Waals surface area contributed by atoms with Gasteiger partial charge in [0, 0.05) is 17.1 Å². The number of hydrogen-bond acceptors (Lipinski definition) is 3. The summed E-state index contributed by atoms with van der Waals surface area (Å²) in [7, 11) is 0. The van der Waals surface area contributed by atoms with Gasteiger partial charge in [-0.1, -0.05) is 39.0 Å². The number of nitrogens with one attached hydrogen (secondary N) is 1. The van der Waals surface area contributed by atoms with Crippen LogP contribution in [0.4, 0.5) is 10.7 Å². The van der Waals surface area contributed by atoms with E-state index < -0.39 is 5.41 Å². The summed E-state index contributed by atoms with van der Waals surface area (Å²) in [6.45, 7) is 9.61. The zero-order valence-corrected chi connectivity index (χ0v) is 16.2.